The fourth-order valence-electron chi connectivity index (χ4n) is 3.27. The number of carbonyl (C=O) groups is 1. The van der Waals surface area contributed by atoms with Crippen molar-refractivity contribution in [1.82, 2.24) is 4.98 Å². The number of amides is 1. The van der Waals surface area contributed by atoms with Gasteiger partial charge in [-0.1, -0.05) is 23.9 Å². The Bertz CT molecular complexity index is 1080. The lowest BCUT2D eigenvalue weighted by Crippen LogP contribution is -2.29. The topological polar surface area (TPSA) is 93.5 Å². The third-order valence-electron chi connectivity index (χ3n) is 4.84. The molecule has 3 N–H and O–H groups in total. The number of hydrogen-bond acceptors (Lipinski definition) is 6. The molecule has 1 aliphatic heterocycles. The van der Waals surface area contributed by atoms with E-state index in [2.05, 4.69) is 15.3 Å². The Morgan fingerprint density at radius 2 is 2.17 bits per heavy atom. The second kappa shape index (κ2) is 7.71. The number of oxazole rings is 1. The zero-order valence-electron chi connectivity index (χ0n) is 15.7. The minimum absolute atomic E-state index is 0.309. The Hall–Kier alpha value is -3.13. The molecular formula is C21H19FN4O2S. The standard InChI is InChI=1S/C21H19FN4O2S/c1-21(7-8-29-20(23)26-21)16-10-15(5-6-17(16)22)25-19(27)14-4-2-3-13(9-14)18-11-24-12-28-18/h2-6,9-12H,7-8H2,1H3,(H2,23,26)(H,25,27). The van der Waals surface area contributed by atoms with Crippen molar-refractivity contribution < 1.29 is 13.6 Å². The molecule has 148 valence electrons. The number of thioether (sulfide) groups is 1. The molecule has 1 atom stereocenters. The number of nitrogens with zero attached hydrogens (tertiary/aromatic N) is 2. The van der Waals surface area contributed by atoms with Crippen LogP contribution >= 0.6 is 11.8 Å². The Morgan fingerprint density at radius 3 is 2.93 bits per heavy atom. The maximum absolute atomic E-state index is 14.6. The molecule has 8 heteroatoms. The quantitative estimate of drug-likeness (QED) is 0.665. The number of halogens is 1. The van der Waals surface area contributed by atoms with Crippen LogP contribution in [0.5, 0.6) is 0 Å². The molecule has 0 fully saturated rings. The van der Waals surface area contributed by atoms with Gasteiger partial charge in [0.15, 0.2) is 17.3 Å². The third-order valence-corrected chi connectivity index (χ3v) is 5.64. The van der Waals surface area contributed by atoms with Crippen LogP contribution in [0.1, 0.15) is 29.3 Å². The van der Waals surface area contributed by atoms with Gasteiger partial charge in [-0.15, -0.1) is 0 Å². The number of amidine groups is 1. The van der Waals surface area contributed by atoms with Crippen LogP contribution in [-0.2, 0) is 5.54 Å². The molecule has 0 saturated heterocycles. The van der Waals surface area contributed by atoms with Crippen LogP contribution in [0.3, 0.4) is 0 Å². The smallest absolute Gasteiger partial charge is 0.255 e. The monoisotopic (exact) mass is 410 g/mol. The summed E-state index contributed by atoms with van der Waals surface area (Å²) < 4.78 is 19.8. The van der Waals surface area contributed by atoms with Crippen LogP contribution in [0, 0.1) is 5.82 Å². The summed E-state index contributed by atoms with van der Waals surface area (Å²) in [6, 6.07) is 11.5. The van der Waals surface area contributed by atoms with Crippen molar-refractivity contribution in [3.05, 3.63) is 72.0 Å². The number of carbonyl (C=O) groups excluding carboxylic acids is 1. The summed E-state index contributed by atoms with van der Waals surface area (Å²) in [5, 5.41) is 3.27. The molecule has 6 nitrogen and oxygen atoms in total. The van der Waals surface area contributed by atoms with Crippen molar-refractivity contribution in [2.75, 3.05) is 11.1 Å². The number of rotatable bonds is 4. The minimum Gasteiger partial charge on any atom is -0.444 e. The molecular weight excluding hydrogens is 391 g/mol. The summed E-state index contributed by atoms with van der Waals surface area (Å²) in [6.45, 7) is 1.85. The van der Waals surface area contributed by atoms with E-state index in [9.17, 15) is 9.18 Å². The van der Waals surface area contributed by atoms with Gasteiger partial charge in [-0.05, 0) is 43.7 Å². The molecule has 0 saturated carbocycles. The Labute approximate surface area is 171 Å². The highest BCUT2D eigenvalue weighted by molar-refractivity contribution is 8.13. The minimum atomic E-state index is -0.758. The maximum atomic E-state index is 14.6. The molecule has 1 aliphatic rings. The first kappa shape index (κ1) is 19.2. The fraction of sp³-hybridized carbons (Fsp3) is 0.190. The molecule has 0 radical (unpaired) electrons. The highest BCUT2D eigenvalue weighted by atomic mass is 32.2. The highest BCUT2D eigenvalue weighted by Gasteiger charge is 2.32. The van der Waals surface area contributed by atoms with Gasteiger partial charge in [0.2, 0.25) is 0 Å². The molecule has 29 heavy (non-hydrogen) atoms. The van der Waals surface area contributed by atoms with E-state index in [0.717, 1.165) is 11.3 Å². The van der Waals surface area contributed by atoms with E-state index in [0.29, 0.717) is 34.2 Å². The SMILES string of the molecule is CC1(c2cc(NC(=O)c3cccc(-c4cnco4)c3)ccc2F)CCSC(N)=N1. The molecule has 3 aromatic rings. The molecule has 4 rings (SSSR count). The third kappa shape index (κ3) is 4.02. The molecule has 0 bridgehead atoms. The van der Waals surface area contributed by atoms with Crippen molar-refractivity contribution in [2.45, 2.75) is 18.9 Å². The first-order valence-electron chi connectivity index (χ1n) is 9.03. The van der Waals surface area contributed by atoms with E-state index in [4.69, 9.17) is 10.2 Å². The number of nitrogens with two attached hydrogens (primary N) is 1. The van der Waals surface area contributed by atoms with Gasteiger partial charge in [0.1, 0.15) is 5.82 Å². The lowest BCUT2D eigenvalue weighted by atomic mass is 9.89. The van der Waals surface area contributed by atoms with Crippen LogP contribution in [0.4, 0.5) is 10.1 Å². The molecule has 0 spiro atoms. The van der Waals surface area contributed by atoms with E-state index in [-0.39, 0.29) is 11.7 Å². The van der Waals surface area contributed by atoms with Gasteiger partial charge in [0.25, 0.3) is 5.91 Å². The van der Waals surface area contributed by atoms with Gasteiger partial charge in [0.05, 0.1) is 11.7 Å². The number of aromatic nitrogens is 1. The number of nitrogens with one attached hydrogen (secondary N) is 1. The van der Waals surface area contributed by atoms with Crippen molar-refractivity contribution in [2.24, 2.45) is 10.7 Å². The summed E-state index contributed by atoms with van der Waals surface area (Å²) in [6.07, 6.45) is 3.58. The Morgan fingerprint density at radius 1 is 1.31 bits per heavy atom. The lowest BCUT2D eigenvalue weighted by molar-refractivity contribution is 0.102. The van der Waals surface area contributed by atoms with E-state index >= 15 is 0 Å². The van der Waals surface area contributed by atoms with E-state index in [1.807, 2.05) is 13.0 Å². The average Bonchev–Trinajstić information content (AvgIpc) is 3.24. The lowest BCUT2D eigenvalue weighted by Gasteiger charge is -2.30. The van der Waals surface area contributed by atoms with Crippen LogP contribution in [0.2, 0.25) is 0 Å². The second-order valence-corrected chi connectivity index (χ2v) is 8.03. The van der Waals surface area contributed by atoms with Gasteiger partial charge in [-0.3, -0.25) is 9.79 Å². The first-order valence-corrected chi connectivity index (χ1v) is 10.0. The van der Waals surface area contributed by atoms with Crippen LogP contribution < -0.4 is 11.1 Å². The zero-order chi connectivity index (χ0) is 20.4. The predicted octanol–water partition coefficient (Wildman–Crippen LogP) is 4.40. The van der Waals surface area contributed by atoms with Crippen molar-refractivity contribution in [3.8, 4) is 11.3 Å². The predicted molar refractivity (Wildman–Crippen MR) is 112 cm³/mol. The van der Waals surface area contributed by atoms with E-state index in [1.54, 1.807) is 30.5 Å². The van der Waals surface area contributed by atoms with Gasteiger partial charge in [-0.25, -0.2) is 9.37 Å². The van der Waals surface area contributed by atoms with Crippen LogP contribution in [-0.4, -0.2) is 21.8 Å². The van der Waals surface area contributed by atoms with Crippen LogP contribution in [0.25, 0.3) is 11.3 Å². The first-order chi connectivity index (χ1) is 13.9. The van der Waals surface area contributed by atoms with E-state index < -0.39 is 5.54 Å². The molecule has 1 aromatic heterocycles. The summed E-state index contributed by atoms with van der Waals surface area (Å²) in [5.41, 5.74) is 7.19. The Balaban J connectivity index is 1.60. The van der Waals surface area contributed by atoms with Gasteiger partial charge < -0.3 is 15.5 Å². The number of anilines is 1. The van der Waals surface area contributed by atoms with Crippen molar-refractivity contribution in [1.29, 1.82) is 0 Å². The van der Waals surface area contributed by atoms with Gasteiger partial charge in [0, 0.05) is 28.1 Å². The summed E-state index contributed by atoms with van der Waals surface area (Å²) in [5.74, 6) is 0.649. The van der Waals surface area contributed by atoms with E-state index in [1.165, 1.54) is 30.3 Å². The summed E-state index contributed by atoms with van der Waals surface area (Å²) in [4.78, 5) is 21.1. The fourth-order valence-corrected chi connectivity index (χ4v) is 4.25. The molecule has 1 amide bonds. The second-order valence-electron chi connectivity index (χ2n) is 6.92. The summed E-state index contributed by atoms with van der Waals surface area (Å²) >= 11 is 1.46. The highest BCUT2D eigenvalue weighted by Crippen LogP contribution is 2.37. The zero-order valence-corrected chi connectivity index (χ0v) is 16.5. The normalized spacial score (nSPS) is 18.9. The number of aliphatic imine (C=N–C) groups is 1. The molecule has 2 aromatic carbocycles. The molecule has 0 aliphatic carbocycles. The van der Waals surface area contributed by atoms with Crippen molar-refractivity contribution >= 4 is 28.5 Å². The van der Waals surface area contributed by atoms with Crippen LogP contribution in [0.15, 0.2) is 64.5 Å². The average molecular weight is 410 g/mol. The van der Waals surface area contributed by atoms with Crippen molar-refractivity contribution in [3.63, 3.8) is 0 Å². The van der Waals surface area contributed by atoms with Gasteiger partial charge >= 0.3 is 0 Å². The largest absolute Gasteiger partial charge is 0.444 e. The maximum Gasteiger partial charge on any atom is 0.255 e. The number of benzene rings is 2. The molecule has 2 heterocycles. The summed E-state index contributed by atoms with van der Waals surface area (Å²) in [7, 11) is 0. The molecule has 1 unspecified atom stereocenters. The Kier molecular flexibility index (Phi) is 5.10. The number of hydrogen-bond donors (Lipinski definition) is 2. The van der Waals surface area contributed by atoms with Gasteiger partial charge in [-0.2, -0.15) is 0 Å².